The summed E-state index contributed by atoms with van der Waals surface area (Å²) in [5.74, 6) is -2.65. The summed E-state index contributed by atoms with van der Waals surface area (Å²) in [7, 11) is 0. The Bertz CT molecular complexity index is 1300. The van der Waals surface area contributed by atoms with E-state index >= 15 is 0 Å². The minimum atomic E-state index is -1.41. The van der Waals surface area contributed by atoms with Gasteiger partial charge in [-0.25, -0.2) is 4.79 Å². The molecule has 1 aliphatic heterocycles. The Hall–Kier alpha value is -3.93. The minimum absolute atomic E-state index is 0.222. The molecule has 2 heterocycles. The Morgan fingerprint density at radius 3 is 2.08 bits per heavy atom. The first kappa shape index (κ1) is 29.6. The van der Waals surface area contributed by atoms with E-state index in [1.165, 1.54) is 13.0 Å². The van der Waals surface area contributed by atoms with Crippen molar-refractivity contribution >= 4 is 34.8 Å². The van der Waals surface area contributed by atoms with Crippen LogP contribution in [0.15, 0.2) is 27.4 Å². The van der Waals surface area contributed by atoms with Crippen LogP contribution in [0.1, 0.15) is 52.2 Å². The van der Waals surface area contributed by atoms with Gasteiger partial charge in [0.05, 0.1) is 0 Å². The molecule has 5 atom stereocenters. The van der Waals surface area contributed by atoms with Gasteiger partial charge in [0.15, 0.2) is 12.2 Å². The average Bonchev–Trinajstić information content (AvgIpc) is 2.83. The van der Waals surface area contributed by atoms with Crippen molar-refractivity contribution in [3.63, 3.8) is 0 Å². The van der Waals surface area contributed by atoms with Gasteiger partial charge >= 0.3 is 29.5 Å². The van der Waals surface area contributed by atoms with Crippen molar-refractivity contribution in [3.8, 4) is 5.75 Å². The summed E-state index contributed by atoms with van der Waals surface area (Å²) in [6.07, 6.45) is -5.15. The molecule has 12 heteroatoms. The summed E-state index contributed by atoms with van der Waals surface area (Å²) in [5.41, 5.74) is 1.09. The molecule has 0 spiro atoms. The number of aryl methyl sites for hydroxylation is 2. The van der Waals surface area contributed by atoms with Crippen LogP contribution in [0.4, 0.5) is 0 Å². The van der Waals surface area contributed by atoms with Gasteiger partial charge < -0.3 is 32.8 Å². The molecule has 1 fully saturated rings. The highest BCUT2D eigenvalue weighted by molar-refractivity contribution is 5.85. The van der Waals surface area contributed by atoms with Crippen molar-refractivity contribution in [2.45, 2.75) is 85.1 Å². The molecule has 212 valence electrons. The highest BCUT2D eigenvalue weighted by Crippen LogP contribution is 2.34. The van der Waals surface area contributed by atoms with Crippen molar-refractivity contribution in [3.05, 3.63) is 39.7 Å². The SMILES string of the molecule is CCCc1cc(=O)oc2c(C)c(O[C@H]3O[C@H](COC(C)=O)[C@@H](OC(C)=O)[C@H](OC(C)=O)[C@H]3OC(C)=O)ccc12. The normalized spacial score (nSPS) is 22.6. The molecule has 1 aliphatic rings. The van der Waals surface area contributed by atoms with Crippen LogP contribution in [-0.4, -0.2) is 61.2 Å². The van der Waals surface area contributed by atoms with Crippen LogP contribution in [0.2, 0.25) is 0 Å². The Balaban J connectivity index is 2.08. The van der Waals surface area contributed by atoms with E-state index in [0.29, 0.717) is 17.6 Å². The minimum Gasteiger partial charge on any atom is -0.463 e. The third-order valence-corrected chi connectivity index (χ3v) is 5.91. The van der Waals surface area contributed by atoms with Gasteiger partial charge in [0.1, 0.15) is 24.0 Å². The fourth-order valence-electron chi connectivity index (χ4n) is 4.42. The number of carbonyl (C=O) groups excluding carboxylic acids is 4. The summed E-state index contributed by atoms with van der Waals surface area (Å²) < 4.78 is 38.9. The van der Waals surface area contributed by atoms with Gasteiger partial charge in [-0.2, -0.15) is 0 Å². The van der Waals surface area contributed by atoms with E-state index in [1.807, 2.05) is 6.92 Å². The van der Waals surface area contributed by atoms with E-state index in [1.54, 1.807) is 19.1 Å². The molecule has 1 saturated heterocycles. The number of carbonyl (C=O) groups is 4. The van der Waals surface area contributed by atoms with Crippen molar-refractivity contribution in [1.29, 1.82) is 0 Å². The summed E-state index contributed by atoms with van der Waals surface area (Å²) in [5, 5.41) is 0.739. The van der Waals surface area contributed by atoms with Gasteiger partial charge in [0.25, 0.3) is 0 Å². The van der Waals surface area contributed by atoms with Gasteiger partial charge in [-0.3, -0.25) is 19.2 Å². The molecule has 0 unspecified atom stereocenters. The van der Waals surface area contributed by atoms with E-state index in [4.69, 9.17) is 32.8 Å². The first-order valence-corrected chi connectivity index (χ1v) is 12.4. The summed E-state index contributed by atoms with van der Waals surface area (Å²) in [6, 6.07) is 4.83. The second-order valence-electron chi connectivity index (χ2n) is 9.09. The van der Waals surface area contributed by atoms with Crippen molar-refractivity contribution in [2.75, 3.05) is 6.61 Å². The number of ether oxygens (including phenoxy) is 6. The Kier molecular flexibility index (Phi) is 9.68. The monoisotopic (exact) mass is 548 g/mol. The number of fused-ring (bicyclic) bond motifs is 1. The number of hydrogen-bond donors (Lipinski definition) is 0. The molecule has 0 N–H and O–H groups in total. The predicted octanol–water partition coefficient (Wildman–Crippen LogP) is 2.52. The topological polar surface area (TPSA) is 154 Å². The zero-order valence-electron chi connectivity index (χ0n) is 22.6. The third kappa shape index (κ3) is 7.34. The summed E-state index contributed by atoms with van der Waals surface area (Å²) in [6.45, 7) is 7.88. The lowest BCUT2D eigenvalue weighted by atomic mass is 9.98. The van der Waals surface area contributed by atoms with E-state index in [-0.39, 0.29) is 12.4 Å². The first-order valence-electron chi connectivity index (χ1n) is 12.4. The molecule has 2 aromatic rings. The first-order chi connectivity index (χ1) is 18.4. The maximum atomic E-state index is 12.2. The Morgan fingerprint density at radius 1 is 0.872 bits per heavy atom. The van der Waals surface area contributed by atoms with E-state index in [2.05, 4.69) is 0 Å². The Labute approximate surface area is 224 Å². The average molecular weight is 549 g/mol. The number of hydrogen-bond acceptors (Lipinski definition) is 12. The molecule has 0 amide bonds. The third-order valence-electron chi connectivity index (χ3n) is 5.91. The molecular weight excluding hydrogens is 516 g/mol. The zero-order chi connectivity index (χ0) is 28.9. The van der Waals surface area contributed by atoms with Crippen LogP contribution >= 0.6 is 0 Å². The molecule has 3 rings (SSSR count). The van der Waals surface area contributed by atoms with Crippen LogP contribution in [0.5, 0.6) is 5.75 Å². The van der Waals surface area contributed by atoms with Gasteiger partial charge in [0.2, 0.25) is 12.4 Å². The lowest BCUT2D eigenvalue weighted by molar-refractivity contribution is -0.288. The molecular formula is C27H32O12. The van der Waals surface area contributed by atoms with Crippen LogP contribution in [0, 0.1) is 6.92 Å². The quantitative estimate of drug-likeness (QED) is 0.257. The van der Waals surface area contributed by atoms with Gasteiger partial charge in [-0.05, 0) is 31.0 Å². The molecule has 39 heavy (non-hydrogen) atoms. The van der Waals surface area contributed by atoms with Gasteiger partial charge in [0, 0.05) is 44.7 Å². The molecule has 0 radical (unpaired) electrons. The second-order valence-corrected chi connectivity index (χ2v) is 9.09. The van der Waals surface area contributed by atoms with Crippen LogP contribution in [0.3, 0.4) is 0 Å². The fourth-order valence-corrected chi connectivity index (χ4v) is 4.42. The highest BCUT2D eigenvalue weighted by atomic mass is 16.7. The Morgan fingerprint density at radius 2 is 1.49 bits per heavy atom. The van der Waals surface area contributed by atoms with E-state index in [9.17, 15) is 24.0 Å². The molecule has 12 nitrogen and oxygen atoms in total. The van der Waals surface area contributed by atoms with Crippen LogP contribution in [-0.2, 0) is 49.3 Å². The molecule has 1 aromatic carbocycles. The van der Waals surface area contributed by atoms with Crippen LogP contribution < -0.4 is 10.4 Å². The van der Waals surface area contributed by atoms with E-state index < -0.39 is 60.2 Å². The molecule has 0 saturated carbocycles. The maximum Gasteiger partial charge on any atom is 0.336 e. The fraction of sp³-hybridized carbons (Fsp3) is 0.519. The van der Waals surface area contributed by atoms with Crippen molar-refractivity contribution < 1.29 is 52.0 Å². The van der Waals surface area contributed by atoms with E-state index in [0.717, 1.165) is 38.1 Å². The van der Waals surface area contributed by atoms with Gasteiger partial charge in [-0.1, -0.05) is 13.3 Å². The van der Waals surface area contributed by atoms with Crippen molar-refractivity contribution in [2.24, 2.45) is 0 Å². The number of esters is 4. The largest absolute Gasteiger partial charge is 0.463 e. The smallest absolute Gasteiger partial charge is 0.336 e. The zero-order valence-corrected chi connectivity index (χ0v) is 22.6. The molecule has 0 bridgehead atoms. The highest BCUT2D eigenvalue weighted by Gasteiger charge is 2.53. The maximum absolute atomic E-state index is 12.2. The predicted molar refractivity (Wildman–Crippen MR) is 134 cm³/mol. The summed E-state index contributed by atoms with van der Waals surface area (Å²) in [4.78, 5) is 59.7. The second kappa shape index (κ2) is 12.7. The number of benzene rings is 1. The summed E-state index contributed by atoms with van der Waals surface area (Å²) >= 11 is 0. The van der Waals surface area contributed by atoms with Crippen molar-refractivity contribution in [1.82, 2.24) is 0 Å². The lowest BCUT2D eigenvalue weighted by Gasteiger charge is -2.44. The molecule has 0 aliphatic carbocycles. The van der Waals surface area contributed by atoms with Gasteiger partial charge in [-0.15, -0.1) is 0 Å². The molecule has 1 aromatic heterocycles. The van der Waals surface area contributed by atoms with Crippen LogP contribution in [0.25, 0.3) is 11.0 Å². The number of rotatable bonds is 9. The lowest BCUT2D eigenvalue weighted by Crippen LogP contribution is -2.63. The standard InChI is InChI=1S/C27H32O12/c1-7-8-18-11-22(32)39-23-13(2)20(10-9-19(18)23)37-27-26(36-17(6)31)25(35-16(5)30)24(34-15(4)29)21(38-27)12-33-14(3)28/h9-11,21,24-27H,7-8,12H2,1-6H3/t21-,24-,25+,26-,27+/m1/s1.